The van der Waals surface area contributed by atoms with Crippen molar-refractivity contribution in [3.05, 3.63) is 267 Å². The zero-order valence-corrected chi connectivity index (χ0v) is 39.2. The van der Waals surface area contributed by atoms with Gasteiger partial charge in [0.2, 0.25) is 0 Å². The number of rotatable bonds is 8. The summed E-state index contributed by atoms with van der Waals surface area (Å²) in [4.78, 5) is 0. The Balaban J connectivity index is 1.02. The molecule has 0 saturated carbocycles. The standard InChI is InChI=1S/C66H44N2OSi/c1-4-21-45(22-5-1)51-29-10-11-30-52(51)54-34-19-37-60-65(54)55-32-12-16-36-59(55)68(60)62-39-20-38-61-66(62)56-33-13-15-35-58(56)67(61)46-23-18-28-49(43-46)70(47-24-6-2-7-25-47,48-26-8-3-9-27-48)50-41-42-64-57(44-50)53-31-14-17-40-63(53)69-64/h1-44H. The first kappa shape index (κ1) is 40.1. The van der Waals surface area contributed by atoms with Crippen LogP contribution in [-0.4, -0.2) is 17.2 Å². The van der Waals surface area contributed by atoms with Crippen molar-refractivity contribution in [1.82, 2.24) is 9.13 Å². The van der Waals surface area contributed by atoms with E-state index in [-0.39, 0.29) is 0 Å². The van der Waals surface area contributed by atoms with Gasteiger partial charge in [0, 0.05) is 38.0 Å². The summed E-state index contributed by atoms with van der Waals surface area (Å²) in [5.74, 6) is 0. The Labute approximate surface area is 406 Å². The number of furan rings is 1. The summed E-state index contributed by atoms with van der Waals surface area (Å²) in [7, 11) is -2.99. The lowest BCUT2D eigenvalue weighted by Crippen LogP contribution is -2.74. The molecule has 0 N–H and O–H groups in total. The number of hydrogen-bond acceptors (Lipinski definition) is 1. The predicted octanol–water partition coefficient (Wildman–Crippen LogP) is 14.5. The number of hydrogen-bond donors (Lipinski definition) is 0. The lowest BCUT2D eigenvalue weighted by Gasteiger charge is -2.34. The van der Waals surface area contributed by atoms with E-state index >= 15 is 0 Å². The molecule has 0 aliphatic rings. The molecule has 4 heteroatoms. The van der Waals surface area contributed by atoms with Crippen LogP contribution in [0.25, 0.3) is 99.2 Å². The van der Waals surface area contributed by atoms with Gasteiger partial charge < -0.3 is 13.6 Å². The molecule has 0 atom stereocenters. The monoisotopic (exact) mass is 908 g/mol. The van der Waals surface area contributed by atoms with Crippen molar-refractivity contribution in [1.29, 1.82) is 0 Å². The van der Waals surface area contributed by atoms with E-state index in [1.807, 2.05) is 6.07 Å². The van der Waals surface area contributed by atoms with E-state index < -0.39 is 8.07 Å². The van der Waals surface area contributed by atoms with Crippen molar-refractivity contribution >= 4 is 94.4 Å². The van der Waals surface area contributed by atoms with E-state index in [1.165, 1.54) is 81.1 Å². The second kappa shape index (κ2) is 16.1. The largest absolute Gasteiger partial charge is 0.456 e. The molecule has 11 aromatic carbocycles. The minimum Gasteiger partial charge on any atom is -0.456 e. The zero-order chi connectivity index (χ0) is 46.2. The molecular formula is C66H44N2OSi. The minimum atomic E-state index is -2.99. The van der Waals surface area contributed by atoms with E-state index in [1.54, 1.807) is 0 Å². The maximum atomic E-state index is 6.43. The van der Waals surface area contributed by atoms with E-state index in [9.17, 15) is 0 Å². The van der Waals surface area contributed by atoms with E-state index in [2.05, 4.69) is 270 Å². The van der Waals surface area contributed by atoms with Crippen molar-refractivity contribution in [2.45, 2.75) is 0 Å². The molecule has 0 bridgehead atoms. The zero-order valence-electron chi connectivity index (χ0n) is 38.2. The van der Waals surface area contributed by atoms with Gasteiger partial charge in [-0.2, -0.15) is 0 Å². The molecule has 0 aliphatic carbocycles. The Bertz CT molecular complexity index is 4260. The summed E-state index contributed by atoms with van der Waals surface area (Å²) in [6.45, 7) is 0. The quantitative estimate of drug-likeness (QED) is 0.110. The molecule has 328 valence electrons. The highest BCUT2D eigenvalue weighted by atomic mass is 28.3. The third-order valence-electron chi connectivity index (χ3n) is 14.7. The molecule has 0 radical (unpaired) electrons. The van der Waals surface area contributed by atoms with Gasteiger partial charge in [0.25, 0.3) is 0 Å². The van der Waals surface area contributed by atoms with E-state index in [4.69, 9.17) is 4.42 Å². The van der Waals surface area contributed by atoms with Crippen LogP contribution in [0, 0.1) is 0 Å². The summed E-state index contributed by atoms with van der Waals surface area (Å²) in [5.41, 5.74) is 13.6. The van der Waals surface area contributed by atoms with Crippen LogP contribution in [0.4, 0.5) is 0 Å². The van der Waals surface area contributed by atoms with Crippen molar-refractivity contribution in [2.24, 2.45) is 0 Å². The minimum absolute atomic E-state index is 0.903. The fourth-order valence-electron chi connectivity index (χ4n) is 11.8. The predicted molar refractivity (Wildman–Crippen MR) is 297 cm³/mol. The van der Waals surface area contributed by atoms with Crippen LogP contribution in [0.2, 0.25) is 0 Å². The van der Waals surface area contributed by atoms with Crippen molar-refractivity contribution in [3.8, 4) is 33.6 Å². The van der Waals surface area contributed by atoms with E-state index in [0.717, 1.165) is 38.8 Å². The van der Waals surface area contributed by atoms with Crippen LogP contribution < -0.4 is 20.7 Å². The van der Waals surface area contributed by atoms with Crippen molar-refractivity contribution in [2.75, 3.05) is 0 Å². The number of aromatic nitrogens is 2. The smallest absolute Gasteiger partial charge is 0.179 e. The molecule has 0 amide bonds. The van der Waals surface area contributed by atoms with Crippen LogP contribution in [0.3, 0.4) is 0 Å². The summed E-state index contributed by atoms with van der Waals surface area (Å²) in [6.07, 6.45) is 0. The molecule has 0 fully saturated rings. The molecule has 14 aromatic rings. The third-order valence-corrected chi connectivity index (χ3v) is 19.4. The Hall–Kier alpha value is -8.96. The summed E-state index contributed by atoms with van der Waals surface area (Å²) >= 11 is 0. The van der Waals surface area contributed by atoms with Crippen molar-refractivity contribution < 1.29 is 4.42 Å². The van der Waals surface area contributed by atoms with Crippen LogP contribution in [0.1, 0.15) is 0 Å². The average Bonchev–Trinajstić information content (AvgIpc) is 4.10. The molecule has 0 unspecified atom stereocenters. The summed E-state index contributed by atoms with van der Waals surface area (Å²) < 4.78 is 11.4. The Morgan fingerprint density at radius 2 is 0.786 bits per heavy atom. The SMILES string of the molecule is c1ccc(-c2ccccc2-c2cccc3c2c2ccccc2n3-c2cccc3c2c2ccccc2n3-c2cccc([Si](c3ccccc3)(c3ccccc3)c3ccc4oc5ccccc5c4c3)c2)cc1. The molecule has 3 nitrogen and oxygen atoms in total. The van der Waals surface area contributed by atoms with Gasteiger partial charge in [-0.15, -0.1) is 0 Å². The Morgan fingerprint density at radius 3 is 1.53 bits per heavy atom. The second-order valence-electron chi connectivity index (χ2n) is 18.3. The van der Waals surface area contributed by atoms with Crippen LogP contribution in [-0.2, 0) is 0 Å². The Morgan fingerprint density at radius 1 is 0.286 bits per heavy atom. The maximum absolute atomic E-state index is 6.43. The molecule has 0 saturated heterocycles. The highest BCUT2D eigenvalue weighted by Crippen LogP contribution is 2.44. The molecule has 70 heavy (non-hydrogen) atoms. The molecule has 0 spiro atoms. The number of fused-ring (bicyclic) bond motifs is 9. The first-order valence-electron chi connectivity index (χ1n) is 24.1. The molecule has 14 rings (SSSR count). The highest BCUT2D eigenvalue weighted by Gasteiger charge is 2.42. The number of benzene rings is 11. The number of para-hydroxylation sites is 3. The topological polar surface area (TPSA) is 23.0 Å². The first-order valence-corrected chi connectivity index (χ1v) is 26.1. The first-order chi connectivity index (χ1) is 34.8. The Kier molecular flexibility index (Phi) is 9.23. The normalized spacial score (nSPS) is 12.0. The average molecular weight is 909 g/mol. The summed E-state index contributed by atoms with van der Waals surface area (Å²) in [6, 6.07) is 98.3. The van der Waals surface area contributed by atoms with Gasteiger partial charge in [-0.05, 0) is 97.6 Å². The maximum Gasteiger partial charge on any atom is 0.179 e. The van der Waals surface area contributed by atoms with Crippen molar-refractivity contribution in [3.63, 3.8) is 0 Å². The fourth-order valence-corrected chi connectivity index (χ4v) is 16.6. The highest BCUT2D eigenvalue weighted by molar-refractivity contribution is 7.20. The van der Waals surface area contributed by atoms with Gasteiger partial charge >= 0.3 is 0 Å². The van der Waals surface area contributed by atoms with Gasteiger partial charge in [-0.3, -0.25) is 0 Å². The second-order valence-corrected chi connectivity index (χ2v) is 22.1. The lowest BCUT2D eigenvalue weighted by atomic mass is 9.92. The van der Waals surface area contributed by atoms with Crippen LogP contribution >= 0.6 is 0 Å². The van der Waals surface area contributed by atoms with Gasteiger partial charge in [0.1, 0.15) is 11.2 Å². The third kappa shape index (κ3) is 6.00. The molecule has 3 heterocycles. The van der Waals surface area contributed by atoms with Crippen LogP contribution in [0.15, 0.2) is 271 Å². The molecule has 0 aliphatic heterocycles. The van der Waals surface area contributed by atoms with Gasteiger partial charge in [0.15, 0.2) is 8.07 Å². The summed E-state index contributed by atoms with van der Waals surface area (Å²) in [5, 5.41) is 12.4. The van der Waals surface area contributed by atoms with Gasteiger partial charge in [0.05, 0.1) is 27.8 Å². The van der Waals surface area contributed by atoms with Gasteiger partial charge in [-0.1, -0.05) is 212 Å². The van der Waals surface area contributed by atoms with E-state index in [0.29, 0.717) is 0 Å². The number of nitrogens with zero attached hydrogens (tertiary/aromatic N) is 2. The lowest BCUT2D eigenvalue weighted by molar-refractivity contribution is 0.669. The molecule has 3 aromatic heterocycles. The molecular weight excluding hydrogens is 865 g/mol. The van der Waals surface area contributed by atoms with Crippen LogP contribution in [0.5, 0.6) is 0 Å². The van der Waals surface area contributed by atoms with Gasteiger partial charge in [-0.25, -0.2) is 0 Å². The fraction of sp³-hybridized carbons (Fsp3) is 0.